The average Bonchev–Trinajstić information content (AvgIpc) is 2.69. The Morgan fingerprint density at radius 1 is 1.15 bits per heavy atom. The fourth-order valence-corrected chi connectivity index (χ4v) is 2.92. The first-order valence-electron chi connectivity index (χ1n) is 5.88. The van der Waals surface area contributed by atoms with E-state index in [9.17, 15) is 13.6 Å². The predicted octanol–water partition coefficient (Wildman–Crippen LogP) is 3.07. The van der Waals surface area contributed by atoms with Crippen molar-refractivity contribution in [3.05, 3.63) is 53.6 Å². The zero-order valence-electron chi connectivity index (χ0n) is 10.2. The molecule has 3 nitrogen and oxygen atoms in total. The number of anilines is 1. The number of benzene rings is 2. The highest BCUT2D eigenvalue weighted by molar-refractivity contribution is 7.99. The third-order valence-corrected chi connectivity index (χ3v) is 4.04. The maximum absolute atomic E-state index is 13.6. The Kier molecular flexibility index (Phi) is 3.19. The van der Waals surface area contributed by atoms with E-state index in [1.54, 1.807) is 18.2 Å². The summed E-state index contributed by atoms with van der Waals surface area (Å²) in [5.41, 5.74) is 7.03. The number of hydrogen-bond donors (Lipinski definition) is 2. The van der Waals surface area contributed by atoms with Crippen LogP contribution in [0.4, 0.5) is 14.5 Å². The highest BCUT2D eigenvalue weighted by atomic mass is 32.2. The van der Waals surface area contributed by atoms with Crippen LogP contribution in [0.2, 0.25) is 0 Å². The number of halogens is 2. The molecule has 1 atom stereocenters. The maximum Gasteiger partial charge on any atom is 0.245 e. The summed E-state index contributed by atoms with van der Waals surface area (Å²) in [6, 6.07) is 7.78. The van der Waals surface area contributed by atoms with E-state index >= 15 is 0 Å². The molecule has 3 N–H and O–H groups in total. The van der Waals surface area contributed by atoms with Crippen molar-refractivity contribution in [1.29, 1.82) is 0 Å². The molecule has 1 unspecified atom stereocenters. The average molecular weight is 292 g/mol. The normalized spacial score (nSPS) is 16.9. The summed E-state index contributed by atoms with van der Waals surface area (Å²) in [7, 11) is 0. The lowest BCUT2D eigenvalue weighted by molar-refractivity contribution is -0.116. The van der Waals surface area contributed by atoms with Crippen molar-refractivity contribution in [1.82, 2.24) is 0 Å². The second-order valence-electron chi connectivity index (χ2n) is 4.39. The summed E-state index contributed by atoms with van der Waals surface area (Å²) in [5, 5.41) is 2.65. The lowest BCUT2D eigenvalue weighted by Crippen LogP contribution is -2.19. The molecule has 6 heteroatoms. The molecule has 2 aromatic carbocycles. The van der Waals surface area contributed by atoms with Crippen LogP contribution in [-0.2, 0) is 4.79 Å². The molecule has 1 aliphatic heterocycles. The molecule has 0 aliphatic carbocycles. The van der Waals surface area contributed by atoms with Gasteiger partial charge in [0, 0.05) is 16.1 Å². The van der Waals surface area contributed by atoms with Crippen LogP contribution in [0.15, 0.2) is 46.2 Å². The molecule has 0 fully saturated rings. The molecular weight excluding hydrogens is 282 g/mol. The first-order chi connectivity index (χ1) is 9.54. The van der Waals surface area contributed by atoms with Crippen LogP contribution in [-0.4, -0.2) is 5.91 Å². The van der Waals surface area contributed by atoms with Crippen LogP contribution < -0.4 is 11.1 Å². The minimum absolute atomic E-state index is 0.193. The van der Waals surface area contributed by atoms with Gasteiger partial charge < -0.3 is 11.1 Å². The van der Waals surface area contributed by atoms with Gasteiger partial charge in [-0.15, -0.1) is 0 Å². The van der Waals surface area contributed by atoms with Gasteiger partial charge in [-0.05, 0) is 30.3 Å². The van der Waals surface area contributed by atoms with Gasteiger partial charge in [0.1, 0.15) is 17.7 Å². The van der Waals surface area contributed by atoms with Gasteiger partial charge in [-0.25, -0.2) is 8.78 Å². The van der Waals surface area contributed by atoms with Gasteiger partial charge in [0.2, 0.25) is 5.91 Å². The second kappa shape index (κ2) is 4.88. The number of nitrogens with two attached hydrogens (primary N) is 1. The first-order valence-corrected chi connectivity index (χ1v) is 6.69. The molecule has 20 heavy (non-hydrogen) atoms. The van der Waals surface area contributed by atoms with E-state index in [2.05, 4.69) is 5.32 Å². The van der Waals surface area contributed by atoms with Gasteiger partial charge in [-0.2, -0.15) is 0 Å². The Bertz CT molecular complexity index is 706. The fourth-order valence-electron chi connectivity index (χ4n) is 2.01. The summed E-state index contributed by atoms with van der Waals surface area (Å²) in [5.74, 6) is -1.25. The summed E-state index contributed by atoms with van der Waals surface area (Å²) >= 11 is 1.09. The molecule has 0 radical (unpaired) electrons. The molecule has 2 aromatic rings. The monoisotopic (exact) mass is 292 g/mol. The fraction of sp³-hybridized carbons (Fsp3) is 0.0714. The SMILES string of the molecule is NC1C(=O)Nc2cc(Sc3cc(F)ccc3F)ccc21. The number of fused-ring (bicyclic) bond motifs is 1. The third kappa shape index (κ3) is 2.28. The van der Waals surface area contributed by atoms with Gasteiger partial charge in [0.15, 0.2) is 0 Å². The first kappa shape index (κ1) is 13.1. The molecule has 0 saturated heterocycles. The number of carbonyl (C=O) groups is 1. The topological polar surface area (TPSA) is 55.1 Å². The zero-order chi connectivity index (χ0) is 14.3. The zero-order valence-corrected chi connectivity index (χ0v) is 11.0. The van der Waals surface area contributed by atoms with E-state index in [1.807, 2.05) is 0 Å². The quantitative estimate of drug-likeness (QED) is 0.894. The summed E-state index contributed by atoms with van der Waals surface area (Å²) < 4.78 is 26.7. The van der Waals surface area contributed by atoms with Gasteiger partial charge >= 0.3 is 0 Å². The molecule has 0 bridgehead atoms. The minimum atomic E-state index is -0.671. The van der Waals surface area contributed by atoms with Gasteiger partial charge in [0.25, 0.3) is 0 Å². The minimum Gasteiger partial charge on any atom is -0.324 e. The molecule has 1 amide bonds. The summed E-state index contributed by atoms with van der Waals surface area (Å²) in [6.45, 7) is 0. The lowest BCUT2D eigenvalue weighted by Gasteiger charge is -2.06. The standard InChI is InChI=1S/C14H10F2N2OS/c15-7-1-4-10(16)12(5-7)20-8-2-3-9-11(6-8)18-14(19)13(9)17/h1-6,13H,17H2,(H,18,19). The van der Waals surface area contributed by atoms with Crippen LogP contribution in [0.25, 0.3) is 0 Å². The molecule has 1 heterocycles. The Hall–Kier alpha value is -1.92. The predicted molar refractivity (Wildman–Crippen MR) is 72.5 cm³/mol. The second-order valence-corrected chi connectivity index (χ2v) is 5.51. The summed E-state index contributed by atoms with van der Waals surface area (Å²) in [6.07, 6.45) is 0. The number of rotatable bonds is 2. The van der Waals surface area contributed by atoms with Crippen molar-refractivity contribution in [3.63, 3.8) is 0 Å². The van der Waals surface area contributed by atoms with Gasteiger partial charge in [-0.1, -0.05) is 17.8 Å². The molecular formula is C14H10F2N2OS. The Morgan fingerprint density at radius 2 is 1.95 bits per heavy atom. The summed E-state index contributed by atoms with van der Waals surface area (Å²) in [4.78, 5) is 12.3. The van der Waals surface area contributed by atoms with E-state index in [-0.39, 0.29) is 10.8 Å². The van der Waals surface area contributed by atoms with Crippen molar-refractivity contribution in [3.8, 4) is 0 Å². The van der Waals surface area contributed by atoms with Crippen molar-refractivity contribution in [2.45, 2.75) is 15.8 Å². The molecule has 0 saturated carbocycles. The number of carbonyl (C=O) groups excluding carboxylic acids is 1. The smallest absolute Gasteiger partial charge is 0.245 e. The van der Waals surface area contributed by atoms with Crippen molar-refractivity contribution < 1.29 is 13.6 Å². The molecule has 1 aliphatic rings. The van der Waals surface area contributed by atoms with Crippen LogP contribution >= 0.6 is 11.8 Å². The van der Waals surface area contributed by atoms with Crippen molar-refractivity contribution in [2.24, 2.45) is 5.73 Å². The molecule has 3 rings (SSSR count). The lowest BCUT2D eigenvalue weighted by atomic mass is 10.1. The molecule has 0 aromatic heterocycles. The number of hydrogen-bond acceptors (Lipinski definition) is 3. The van der Waals surface area contributed by atoms with E-state index in [0.717, 1.165) is 30.0 Å². The Morgan fingerprint density at radius 3 is 2.75 bits per heavy atom. The van der Waals surface area contributed by atoms with Crippen LogP contribution in [0.1, 0.15) is 11.6 Å². The number of nitrogens with one attached hydrogen (secondary N) is 1. The molecule has 102 valence electrons. The van der Waals surface area contributed by atoms with E-state index in [1.165, 1.54) is 0 Å². The number of amides is 1. The van der Waals surface area contributed by atoms with Crippen molar-refractivity contribution >= 4 is 23.4 Å². The van der Waals surface area contributed by atoms with Crippen LogP contribution in [0.3, 0.4) is 0 Å². The Balaban J connectivity index is 1.92. The van der Waals surface area contributed by atoms with Crippen LogP contribution in [0, 0.1) is 11.6 Å². The van der Waals surface area contributed by atoms with Gasteiger partial charge in [0.05, 0.1) is 4.90 Å². The van der Waals surface area contributed by atoms with Gasteiger partial charge in [-0.3, -0.25) is 4.79 Å². The van der Waals surface area contributed by atoms with E-state index < -0.39 is 17.7 Å². The highest BCUT2D eigenvalue weighted by Crippen LogP contribution is 2.36. The third-order valence-electron chi connectivity index (χ3n) is 3.02. The van der Waals surface area contributed by atoms with E-state index in [0.29, 0.717) is 16.1 Å². The Labute approximate surface area is 118 Å². The molecule has 0 spiro atoms. The highest BCUT2D eigenvalue weighted by Gasteiger charge is 2.27. The van der Waals surface area contributed by atoms with E-state index in [4.69, 9.17) is 5.73 Å². The maximum atomic E-state index is 13.6. The van der Waals surface area contributed by atoms with Crippen molar-refractivity contribution in [2.75, 3.05) is 5.32 Å². The largest absolute Gasteiger partial charge is 0.324 e. The van der Waals surface area contributed by atoms with Crippen LogP contribution in [0.5, 0.6) is 0 Å².